The average molecular weight is 222 g/mol. The topological polar surface area (TPSA) is 55.8 Å². The number of esters is 1. The molecule has 0 saturated carbocycles. The lowest BCUT2D eigenvalue weighted by Crippen LogP contribution is -2.23. The molecule has 0 amide bonds. The van der Waals surface area contributed by atoms with E-state index < -0.39 is 0 Å². The minimum atomic E-state index is -0.212. The summed E-state index contributed by atoms with van der Waals surface area (Å²) in [7, 11) is 1.39. The van der Waals surface area contributed by atoms with Gasteiger partial charge in [-0.2, -0.15) is 0 Å². The molecule has 0 bridgehead atoms. The molecule has 0 spiro atoms. The molecule has 0 saturated heterocycles. The largest absolute Gasteiger partial charge is 0.508 e. The van der Waals surface area contributed by atoms with Crippen molar-refractivity contribution in [2.24, 2.45) is 5.92 Å². The van der Waals surface area contributed by atoms with Crippen molar-refractivity contribution in [3.8, 4) is 11.5 Å². The van der Waals surface area contributed by atoms with Gasteiger partial charge in [0.2, 0.25) is 0 Å². The molecule has 0 fully saturated rings. The lowest BCUT2D eigenvalue weighted by molar-refractivity contribution is -0.142. The second kappa shape index (κ2) is 4.43. The van der Waals surface area contributed by atoms with E-state index in [1.165, 1.54) is 7.11 Å². The van der Waals surface area contributed by atoms with Crippen molar-refractivity contribution in [3.63, 3.8) is 0 Å². The van der Waals surface area contributed by atoms with Crippen LogP contribution < -0.4 is 4.74 Å². The Labute approximate surface area is 93.8 Å². The van der Waals surface area contributed by atoms with Crippen LogP contribution in [-0.4, -0.2) is 24.8 Å². The highest BCUT2D eigenvalue weighted by Gasteiger charge is 2.22. The first-order valence-corrected chi connectivity index (χ1v) is 5.20. The number of carbonyl (C=O) groups is 1. The molecule has 0 radical (unpaired) electrons. The molecule has 1 N–H and O–H groups in total. The second-order valence-electron chi connectivity index (χ2n) is 3.95. The summed E-state index contributed by atoms with van der Waals surface area (Å²) >= 11 is 0. The average Bonchev–Trinajstić information content (AvgIpc) is 2.29. The Bertz CT molecular complexity index is 400. The Morgan fingerprint density at radius 3 is 3.19 bits per heavy atom. The highest BCUT2D eigenvalue weighted by molar-refractivity contribution is 5.69. The van der Waals surface area contributed by atoms with Crippen LogP contribution in [0.15, 0.2) is 18.2 Å². The van der Waals surface area contributed by atoms with E-state index in [9.17, 15) is 9.90 Å². The van der Waals surface area contributed by atoms with Gasteiger partial charge in [-0.3, -0.25) is 4.79 Å². The summed E-state index contributed by atoms with van der Waals surface area (Å²) in [4.78, 5) is 11.1. The van der Waals surface area contributed by atoms with Gasteiger partial charge in [0.25, 0.3) is 0 Å². The van der Waals surface area contributed by atoms with E-state index >= 15 is 0 Å². The maximum Gasteiger partial charge on any atom is 0.305 e. The smallest absolute Gasteiger partial charge is 0.305 e. The number of aromatic hydroxyl groups is 1. The van der Waals surface area contributed by atoms with Gasteiger partial charge in [-0.05, 0) is 18.1 Å². The van der Waals surface area contributed by atoms with Gasteiger partial charge in [0.15, 0.2) is 0 Å². The predicted octanol–water partition coefficient (Wildman–Crippen LogP) is 1.51. The Morgan fingerprint density at radius 1 is 1.62 bits per heavy atom. The van der Waals surface area contributed by atoms with E-state index in [0.717, 1.165) is 12.0 Å². The van der Waals surface area contributed by atoms with Crippen molar-refractivity contribution in [1.82, 2.24) is 0 Å². The van der Waals surface area contributed by atoms with Gasteiger partial charge in [0, 0.05) is 12.0 Å². The van der Waals surface area contributed by atoms with Crippen LogP contribution in [0, 0.1) is 5.92 Å². The molecular formula is C12H14O4. The zero-order valence-electron chi connectivity index (χ0n) is 9.10. The van der Waals surface area contributed by atoms with Crippen molar-refractivity contribution in [3.05, 3.63) is 23.8 Å². The number of benzene rings is 1. The van der Waals surface area contributed by atoms with Crippen LogP contribution >= 0.6 is 0 Å². The van der Waals surface area contributed by atoms with Gasteiger partial charge in [0.1, 0.15) is 11.5 Å². The zero-order chi connectivity index (χ0) is 11.5. The van der Waals surface area contributed by atoms with Crippen LogP contribution in [0.1, 0.15) is 12.0 Å². The van der Waals surface area contributed by atoms with E-state index in [4.69, 9.17) is 4.74 Å². The number of hydrogen-bond donors (Lipinski definition) is 1. The zero-order valence-corrected chi connectivity index (χ0v) is 9.10. The van der Waals surface area contributed by atoms with Crippen molar-refractivity contribution in [1.29, 1.82) is 0 Å². The summed E-state index contributed by atoms with van der Waals surface area (Å²) in [6, 6.07) is 5.06. The minimum Gasteiger partial charge on any atom is -0.508 e. The SMILES string of the molecule is COC(=O)CC1COc2cc(O)ccc2C1. The lowest BCUT2D eigenvalue weighted by Gasteiger charge is -2.24. The molecule has 1 aliphatic heterocycles. The maximum absolute atomic E-state index is 11.1. The first-order chi connectivity index (χ1) is 7.69. The lowest BCUT2D eigenvalue weighted by atomic mass is 9.94. The molecule has 0 aromatic heterocycles. The fourth-order valence-electron chi connectivity index (χ4n) is 1.87. The van der Waals surface area contributed by atoms with Crippen LogP contribution in [-0.2, 0) is 16.0 Å². The summed E-state index contributed by atoms with van der Waals surface area (Å²) in [5.74, 6) is 0.853. The molecule has 2 rings (SSSR count). The van der Waals surface area contributed by atoms with Gasteiger partial charge < -0.3 is 14.6 Å². The number of phenolic OH excluding ortho intramolecular Hbond substituents is 1. The standard InChI is InChI=1S/C12H14O4/c1-15-12(14)5-8-4-9-2-3-10(13)6-11(9)16-7-8/h2-3,6,8,13H,4-5,7H2,1H3. The molecule has 1 aromatic rings. The monoisotopic (exact) mass is 222 g/mol. The summed E-state index contributed by atoms with van der Waals surface area (Å²) in [5.41, 5.74) is 1.03. The first kappa shape index (κ1) is 10.8. The third-order valence-corrected chi connectivity index (χ3v) is 2.72. The van der Waals surface area contributed by atoms with Gasteiger partial charge in [-0.25, -0.2) is 0 Å². The Morgan fingerprint density at radius 2 is 2.44 bits per heavy atom. The highest BCUT2D eigenvalue weighted by atomic mass is 16.5. The maximum atomic E-state index is 11.1. The van der Waals surface area contributed by atoms with E-state index in [2.05, 4.69) is 4.74 Å². The van der Waals surface area contributed by atoms with Crippen LogP contribution in [0.25, 0.3) is 0 Å². The fourth-order valence-corrected chi connectivity index (χ4v) is 1.87. The van der Waals surface area contributed by atoms with Gasteiger partial charge in [-0.15, -0.1) is 0 Å². The number of rotatable bonds is 2. The molecule has 4 nitrogen and oxygen atoms in total. The fraction of sp³-hybridized carbons (Fsp3) is 0.417. The molecule has 1 unspecified atom stereocenters. The summed E-state index contributed by atoms with van der Waals surface area (Å²) in [5, 5.41) is 9.28. The highest BCUT2D eigenvalue weighted by Crippen LogP contribution is 2.31. The van der Waals surface area contributed by atoms with Crippen molar-refractivity contribution in [2.75, 3.05) is 13.7 Å². The predicted molar refractivity (Wildman–Crippen MR) is 57.4 cm³/mol. The Hall–Kier alpha value is -1.71. The number of methoxy groups -OCH3 is 1. The molecule has 1 aromatic carbocycles. The minimum absolute atomic E-state index is 0.157. The van der Waals surface area contributed by atoms with E-state index in [0.29, 0.717) is 18.8 Å². The molecule has 0 aliphatic carbocycles. The summed E-state index contributed by atoms with van der Waals surface area (Å²) in [6.45, 7) is 0.492. The molecule has 1 aliphatic rings. The number of carbonyl (C=O) groups excluding carboxylic acids is 1. The van der Waals surface area contributed by atoms with Gasteiger partial charge >= 0.3 is 5.97 Å². The second-order valence-corrected chi connectivity index (χ2v) is 3.95. The van der Waals surface area contributed by atoms with E-state index in [1.807, 2.05) is 6.07 Å². The molecular weight excluding hydrogens is 208 g/mol. The normalized spacial score (nSPS) is 18.4. The summed E-state index contributed by atoms with van der Waals surface area (Å²) < 4.78 is 10.1. The number of fused-ring (bicyclic) bond motifs is 1. The molecule has 1 heterocycles. The Balaban J connectivity index is 2.06. The van der Waals surface area contributed by atoms with Crippen molar-refractivity contribution < 1.29 is 19.4 Å². The van der Waals surface area contributed by atoms with E-state index in [-0.39, 0.29) is 17.6 Å². The van der Waals surface area contributed by atoms with Crippen molar-refractivity contribution >= 4 is 5.97 Å². The number of hydrogen-bond acceptors (Lipinski definition) is 4. The third kappa shape index (κ3) is 2.27. The van der Waals surface area contributed by atoms with Crippen LogP contribution in [0.3, 0.4) is 0 Å². The van der Waals surface area contributed by atoms with Gasteiger partial charge in [-0.1, -0.05) is 6.07 Å². The molecule has 1 atom stereocenters. The van der Waals surface area contributed by atoms with Gasteiger partial charge in [0.05, 0.1) is 20.1 Å². The molecule has 16 heavy (non-hydrogen) atoms. The molecule has 4 heteroatoms. The number of phenols is 1. The van der Waals surface area contributed by atoms with Crippen LogP contribution in [0.2, 0.25) is 0 Å². The van der Waals surface area contributed by atoms with Crippen LogP contribution in [0.4, 0.5) is 0 Å². The first-order valence-electron chi connectivity index (χ1n) is 5.20. The molecule has 86 valence electrons. The van der Waals surface area contributed by atoms with Crippen molar-refractivity contribution in [2.45, 2.75) is 12.8 Å². The van der Waals surface area contributed by atoms with E-state index in [1.54, 1.807) is 12.1 Å². The number of ether oxygens (including phenoxy) is 2. The quantitative estimate of drug-likeness (QED) is 0.770. The Kier molecular flexibility index (Phi) is 2.99. The summed E-state index contributed by atoms with van der Waals surface area (Å²) in [6.07, 6.45) is 1.15. The van der Waals surface area contributed by atoms with Crippen LogP contribution in [0.5, 0.6) is 11.5 Å². The third-order valence-electron chi connectivity index (χ3n) is 2.72.